The molecule has 0 aliphatic heterocycles. The van der Waals surface area contributed by atoms with Crippen LogP contribution in [-0.4, -0.2) is 53.9 Å². The maximum atomic E-state index is 9.50. The summed E-state index contributed by atoms with van der Waals surface area (Å²) in [7, 11) is 3.79. The molecule has 0 fully saturated rings. The zero-order valence-electron chi connectivity index (χ0n) is 13.3. The van der Waals surface area contributed by atoms with Crippen LogP contribution < -0.4 is 0 Å². The zero-order chi connectivity index (χ0) is 16.8. The first-order valence-corrected chi connectivity index (χ1v) is 7.84. The Balaban J connectivity index is 1.74. The number of benzene rings is 1. The molecule has 1 heterocycles. The van der Waals surface area contributed by atoms with E-state index in [1.165, 1.54) is 6.07 Å². The van der Waals surface area contributed by atoms with Crippen molar-refractivity contribution in [3.63, 3.8) is 0 Å². The topological polar surface area (TPSA) is 87.3 Å². The quantitative estimate of drug-likeness (QED) is 0.585. The Kier molecular flexibility index (Phi) is 5.86. The van der Waals surface area contributed by atoms with Crippen molar-refractivity contribution in [2.75, 3.05) is 13.6 Å². The lowest BCUT2D eigenvalue weighted by Crippen LogP contribution is -2.27. The maximum Gasteiger partial charge on any atom is 0.157 e. The standard InChI is InChI=1S/C15H21N5O2S/c1-19(9-8-11-6-7-12(21)13(22)10-11)15(23)5-3-4-14-16-17-18-20(14)2/h6-7,10,21-22H,3-5,8-9H2,1-2H3. The lowest BCUT2D eigenvalue weighted by molar-refractivity contribution is 0.402. The van der Waals surface area contributed by atoms with Crippen LogP contribution in [0.4, 0.5) is 0 Å². The third kappa shape index (κ3) is 4.88. The summed E-state index contributed by atoms with van der Waals surface area (Å²) >= 11 is 5.44. The molecular formula is C15H21N5O2S. The van der Waals surface area contributed by atoms with Gasteiger partial charge in [-0.3, -0.25) is 0 Å². The number of nitrogens with zero attached hydrogens (tertiary/aromatic N) is 5. The number of aromatic hydroxyl groups is 2. The molecule has 8 heteroatoms. The summed E-state index contributed by atoms with van der Waals surface area (Å²) < 4.78 is 1.67. The van der Waals surface area contributed by atoms with Crippen molar-refractivity contribution < 1.29 is 10.2 Å². The summed E-state index contributed by atoms with van der Waals surface area (Å²) in [5.74, 6) is 0.663. The Morgan fingerprint density at radius 3 is 2.70 bits per heavy atom. The van der Waals surface area contributed by atoms with Gasteiger partial charge in [0, 0.05) is 27.1 Å². The Morgan fingerprint density at radius 1 is 1.26 bits per heavy atom. The summed E-state index contributed by atoms with van der Waals surface area (Å²) in [5.41, 5.74) is 0.958. The molecule has 0 aliphatic rings. The number of tetrazole rings is 1. The van der Waals surface area contributed by atoms with E-state index in [9.17, 15) is 10.2 Å². The van der Waals surface area contributed by atoms with Crippen molar-refractivity contribution in [2.45, 2.75) is 25.7 Å². The molecule has 124 valence electrons. The normalized spacial score (nSPS) is 10.7. The first-order valence-electron chi connectivity index (χ1n) is 7.43. The van der Waals surface area contributed by atoms with Crippen molar-refractivity contribution in [1.82, 2.24) is 25.1 Å². The first-order chi connectivity index (χ1) is 11.0. The largest absolute Gasteiger partial charge is 0.504 e. The van der Waals surface area contributed by atoms with E-state index in [4.69, 9.17) is 12.2 Å². The average molecular weight is 335 g/mol. The van der Waals surface area contributed by atoms with Crippen LogP contribution in [-0.2, 0) is 19.9 Å². The van der Waals surface area contributed by atoms with Gasteiger partial charge in [0.1, 0.15) is 0 Å². The fourth-order valence-corrected chi connectivity index (χ4v) is 2.43. The van der Waals surface area contributed by atoms with Crippen LogP contribution in [0.25, 0.3) is 0 Å². The number of likely N-dealkylation sites (N-methyl/N-ethyl adjacent to an activating group) is 1. The van der Waals surface area contributed by atoms with Gasteiger partial charge in [0.05, 0.1) is 4.99 Å². The van der Waals surface area contributed by atoms with Gasteiger partial charge in [0.2, 0.25) is 0 Å². The van der Waals surface area contributed by atoms with Crippen LogP contribution in [0.1, 0.15) is 24.2 Å². The van der Waals surface area contributed by atoms with E-state index in [1.807, 2.05) is 19.0 Å². The van der Waals surface area contributed by atoms with Crippen molar-refractivity contribution in [3.8, 4) is 11.5 Å². The molecule has 0 unspecified atom stereocenters. The van der Waals surface area contributed by atoms with Gasteiger partial charge >= 0.3 is 0 Å². The van der Waals surface area contributed by atoms with Crippen LogP contribution in [0.3, 0.4) is 0 Å². The van der Waals surface area contributed by atoms with Gasteiger partial charge in [0.25, 0.3) is 0 Å². The number of hydrogen-bond donors (Lipinski definition) is 2. The number of aromatic nitrogens is 4. The van der Waals surface area contributed by atoms with Gasteiger partial charge in [-0.05, 0) is 47.4 Å². The molecule has 0 bridgehead atoms. The molecular weight excluding hydrogens is 314 g/mol. The molecule has 2 N–H and O–H groups in total. The molecule has 0 saturated heterocycles. The number of phenols is 2. The predicted molar refractivity (Wildman–Crippen MR) is 90.4 cm³/mol. The first kappa shape index (κ1) is 17.1. The highest BCUT2D eigenvalue weighted by Crippen LogP contribution is 2.25. The van der Waals surface area contributed by atoms with Crippen LogP contribution >= 0.6 is 12.2 Å². The van der Waals surface area contributed by atoms with Gasteiger partial charge in [-0.15, -0.1) is 5.10 Å². The lowest BCUT2D eigenvalue weighted by atomic mass is 10.1. The van der Waals surface area contributed by atoms with Gasteiger partial charge in [-0.25, -0.2) is 4.68 Å². The summed E-state index contributed by atoms with van der Waals surface area (Å²) in [5, 5.41) is 30.2. The molecule has 0 radical (unpaired) electrons. The lowest BCUT2D eigenvalue weighted by Gasteiger charge is -2.20. The minimum Gasteiger partial charge on any atom is -0.504 e. The third-order valence-corrected chi connectivity index (χ3v) is 4.22. The van der Waals surface area contributed by atoms with E-state index in [1.54, 1.807) is 16.8 Å². The fourth-order valence-electron chi connectivity index (χ4n) is 2.19. The third-order valence-electron chi connectivity index (χ3n) is 3.70. The van der Waals surface area contributed by atoms with E-state index >= 15 is 0 Å². The molecule has 0 saturated carbocycles. The molecule has 0 atom stereocenters. The number of aryl methyl sites for hydroxylation is 2. The highest BCUT2D eigenvalue weighted by molar-refractivity contribution is 7.80. The van der Waals surface area contributed by atoms with E-state index in [0.717, 1.165) is 48.6 Å². The van der Waals surface area contributed by atoms with E-state index in [2.05, 4.69) is 15.5 Å². The van der Waals surface area contributed by atoms with Crippen LogP contribution in [0, 0.1) is 0 Å². The van der Waals surface area contributed by atoms with Crippen molar-refractivity contribution in [1.29, 1.82) is 0 Å². The number of rotatable bonds is 7. The summed E-state index contributed by atoms with van der Waals surface area (Å²) in [6.07, 6.45) is 3.25. The number of thiocarbonyl (C=S) groups is 1. The molecule has 1 aromatic heterocycles. The molecule has 0 spiro atoms. The smallest absolute Gasteiger partial charge is 0.157 e. The second kappa shape index (κ2) is 7.87. The summed E-state index contributed by atoms with van der Waals surface area (Å²) in [6.45, 7) is 0.758. The Morgan fingerprint density at radius 2 is 2.04 bits per heavy atom. The average Bonchev–Trinajstić information content (AvgIpc) is 2.93. The molecule has 0 aliphatic carbocycles. The second-order valence-electron chi connectivity index (χ2n) is 5.46. The number of phenolic OH excluding ortho intramolecular Hbond substituents is 2. The van der Waals surface area contributed by atoms with E-state index in [-0.39, 0.29) is 11.5 Å². The van der Waals surface area contributed by atoms with E-state index in [0.29, 0.717) is 0 Å². The zero-order valence-corrected chi connectivity index (χ0v) is 14.1. The van der Waals surface area contributed by atoms with Crippen LogP contribution in [0.2, 0.25) is 0 Å². The van der Waals surface area contributed by atoms with E-state index < -0.39 is 0 Å². The molecule has 1 aromatic carbocycles. The maximum absolute atomic E-state index is 9.50. The fraction of sp³-hybridized carbons (Fsp3) is 0.467. The van der Waals surface area contributed by atoms with Crippen LogP contribution in [0.15, 0.2) is 18.2 Å². The highest BCUT2D eigenvalue weighted by Gasteiger charge is 2.08. The Bertz CT molecular complexity index is 674. The highest BCUT2D eigenvalue weighted by atomic mass is 32.1. The van der Waals surface area contributed by atoms with Gasteiger partial charge in [-0.2, -0.15) is 0 Å². The molecule has 2 aromatic rings. The van der Waals surface area contributed by atoms with Crippen molar-refractivity contribution >= 4 is 17.2 Å². The summed E-state index contributed by atoms with van der Waals surface area (Å²) in [4.78, 5) is 2.93. The Hall–Kier alpha value is -2.22. The molecule has 0 amide bonds. The molecule has 2 rings (SSSR count). The minimum absolute atomic E-state index is 0.0926. The Labute approximate surface area is 140 Å². The number of hydrogen-bond acceptors (Lipinski definition) is 6. The van der Waals surface area contributed by atoms with Gasteiger partial charge in [-0.1, -0.05) is 18.3 Å². The van der Waals surface area contributed by atoms with Crippen molar-refractivity contribution in [3.05, 3.63) is 29.6 Å². The van der Waals surface area contributed by atoms with Crippen molar-refractivity contribution in [2.24, 2.45) is 7.05 Å². The molecule has 23 heavy (non-hydrogen) atoms. The summed E-state index contributed by atoms with van der Waals surface area (Å²) in [6, 6.07) is 4.87. The van der Waals surface area contributed by atoms with Gasteiger partial charge in [0.15, 0.2) is 17.3 Å². The second-order valence-corrected chi connectivity index (χ2v) is 5.93. The van der Waals surface area contributed by atoms with Gasteiger partial charge < -0.3 is 15.1 Å². The van der Waals surface area contributed by atoms with Crippen LogP contribution in [0.5, 0.6) is 11.5 Å². The molecule has 7 nitrogen and oxygen atoms in total. The monoisotopic (exact) mass is 335 g/mol. The minimum atomic E-state index is -0.101. The predicted octanol–water partition coefficient (Wildman–Crippen LogP) is 1.45. The SMILES string of the molecule is CN(CCc1ccc(O)c(O)c1)C(=S)CCCc1nnnn1C.